The molecular formula is C24H32FN7OS. The Morgan fingerprint density at radius 1 is 1.18 bits per heavy atom. The molecule has 2 aliphatic rings. The van der Waals surface area contributed by atoms with Gasteiger partial charge in [0.2, 0.25) is 10.1 Å². The van der Waals surface area contributed by atoms with E-state index in [1.807, 2.05) is 16.3 Å². The van der Waals surface area contributed by atoms with Gasteiger partial charge in [0.15, 0.2) is 5.82 Å². The average Bonchev–Trinajstić information content (AvgIpc) is 3.58. The molecule has 1 atom stereocenters. The van der Waals surface area contributed by atoms with Crippen LogP contribution in [-0.2, 0) is 0 Å². The molecule has 2 amide bonds. The van der Waals surface area contributed by atoms with Crippen LogP contribution < -0.4 is 15.5 Å². The number of halogens is 1. The lowest BCUT2D eigenvalue weighted by Gasteiger charge is -2.34. The number of amides is 2. The first-order valence-electron chi connectivity index (χ1n) is 12.2. The van der Waals surface area contributed by atoms with Crippen LogP contribution in [0.15, 0.2) is 24.3 Å². The van der Waals surface area contributed by atoms with Crippen molar-refractivity contribution in [2.45, 2.75) is 58.0 Å². The summed E-state index contributed by atoms with van der Waals surface area (Å²) >= 11 is 1.55. The summed E-state index contributed by atoms with van der Waals surface area (Å²) in [5, 5.41) is 12.6. The zero-order valence-electron chi connectivity index (χ0n) is 19.8. The Kier molecular flexibility index (Phi) is 6.58. The standard InChI is InChI=1S/C24H32FN7OS/c1-3-16(2)26-22(33)30-12-14-31(15-13-30)24-29-32-21(27-19-6-4-5-7-19)20(28-23(32)34-24)17-8-10-18(25)11-9-17/h8-11,16,19,27H,3-7,12-15H2,1-2H3,(H,26,33)/t16-/m0/s1. The van der Waals surface area contributed by atoms with Crippen molar-refractivity contribution in [2.24, 2.45) is 0 Å². The number of nitrogens with one attached hydrogen (secondary N) is 2. The van der Waals surface area contributed by atoms with E-state index >= 15 is 0 Å². The highest BCUT2D eigenvalue weighted by Gasteiger charge is 2.27. The SMILES string of the molecule is CC[C@H](C)NC(=O)N1CCN(c2nn3c(NC4CCCC4)c(-c4ccc(F)cc4)nc3s2)CC1. The van der Waals surface area contributed by atoms with Crippen molar-refractivity contribution in [3.05, 3.63) is 30.1 Å². The highest BCUT2D eigenvalue weighted by atomic mass is 32.1. The topological polar surface area (TPSA) is 77.8 Å². The van der Waals surface area contributed by atoms with Crippen LogP contribution in [0.2, 0.25) is 0 Å². The van der Waals surface area contributed by atoms with Crippen molar-refractivity contribution in [1.29, 1.82) is 0 Å². The van der Waals surface area contributed by atoms with E-state index in [1.165, 1.54) is 25.0 Å². The first-order chi connectivity index (χ1) is 16.5. The van der Waals surface area contributed by atoms with Gasteiger partial charge in [-0.1, -0.05) is 31.1 Å². The second-order valence-electron chi connectivity index (χ2n) is 9.25. The molecule has 8 nitrogen and oxygen atoms in total. The van der Waals surface area contributed by atoms with Crippen molar-refractivity contribution in [1.82, 2.24) is 24.8 Å². The first-order valence-corrected chi connectivity index (χ1v) is 13.1. The Labute approximate surface area is 203 Å². The molecule has 10 heteroatoms. The van der Waals surface area contributed by atoms with E-state index in [0.29, 0.717) is 19.1 Å². The highest BCUT2D eigenvalue weighted by molar-refractivity contribution is 7.20. The smallest absolute Gasteiger partial charge is 0.317 e. The minimum atomic E-state index is -0.257. The molecule has 0 bridgehead atoms. The molecule has 1 aromatic carbocycles. The van der Waals surface area contributed by atoms with Gasteiger partial charge in [-0.15, -0.1) is 5.10 Å². The minimum Gasteiger partial charge on any atom is -0.365 e. The van der Waals surface area contributed by atoms with Crippen LogP contribution in [0.5, 0.6) is 0 Å². The van der Waals surface area contributed by atoms with Crippen molar-refractivity contribution in [3.8, 4) is 11.3 Å². The number of hydrogen-bond donors (Lipinski definition) is 2. The summed E-state index contributed by atoms with van der Waals surface area (Å²) in [5.74, 6) is 0.620. The van der Waals surface area contributed by atoms with Gasteiger partial charge in [-0.05, 0) is 50.5 Å². The van der Waals surface area contributed by atoms with Crippen molar-refractivity contribution >= 4 is 33.3 Å². The van der Waals surface area contributed by atoms with E-state index in [4.69, 9.17) is 10.1 Å². The molecule has 0 spiro atoms. The number of aromatic nitrogens is 3. The lowest BCUT2D eigenvalue weighted by molar-refractivity contribution is 0.190. The maximum atomic E-state index is 13.5. The van der Waals surface area contributed by atoms with Gasteiger partial charge in [0, 0.05) is 43.8 Å². The second-order valence-corrected chi connectivity index (χ2v) is 10.2. The number of anilines is 2. The quantitative estimate of drug-likeness (QED) is 0.534. The van der Waals surface area contributed by atoms with Gasteiger partial charge in [0.1, 0.15) is 11.5 Å². The average molecular weight is 486 g/mol. The van der Waals surface area contributed by atoms with Gasteiger partial charge < -0.3 is 20.4 Å². The fraction of sp³-hybridized carbons (Fsp3) is 0.542. The molecule has 5 rings (SSSR count). The van der Waals surface area contributed by atoms with Crippen molar-refractivity contribution in [2.75, 3.05) is 36.4 Å². The predicted octanol–water partition coefficient (Wildman–Crippen LogP) is 4.58. The fourth-order valence-electron chi connectivity index (χ4n) is 4.57. The Morgan fingerprint density at radius 2 is 1.88 bits per heavy atom. The van der Waals surface area contributed by atoms with E-state index in [1.54, 1.807) is 23.5 Å². The number of carbonyl (C=O) groups is 1. The Bertz CT molecular complexity index is 1130. The maximum absolute atomic E-state index is 13.5. The Morgan fingerprint density at radius 3 is 2.56 bits per heavy atom. The summed E-state index contributed by atoms with van der Waals surface area (Å²) in [6, 6.07) is 7.07. The molecule has 2 aromatic heterocycles. The molecule has 2 N–H and O–H groups in total. The summed E-state index contributed by atoms with van der Waals surface area (Å²) in [6.07, 6.45) is 5.63. The molecule has 1 saturated heterocycles. The molecule has 0 unspecified atom stereocenters. The van der Waals surface area contributed by atoms with E-state index < -0.39 is 0 Å². The number of imidazole rings is 1. The van der Waals surface area contributed by atoms with Crippen LogP contribution in [-0.4, -0.2) is 63.8 Å². The third kappa shape index (κ3) is 4.68. The molecule has 0 radical (unpaired) electrons. The Hall–Kier alpha value is -2.88. The van der Waals surface area contributed by atoms with Crippen LogP contribution in [0.25, 0.3) is 16.2 Å². The zero-order chi connectivity index (χ0) is 23.7. The van der Waals surface area contributed by atoms with Crippen molar-refractivity contribution in [3.63, 3.8) is 0 Å². The minimum absolute atomic E-state index is 0.00920. The maximum Gasteiger partial charge on any atom is 0.317 e. The number of benzene rings is 1. The lowest BCUT2D eigenvalue weighted by atomic mass is 10.1. The lowest BCUT2D eigenvalue weighted by Crippen LogP contribution is -2.53. The number of piperazine rings is 1. The predicted molar refractivity (Wildman–Crippen MR) is 134 cm³/mol. The molecule has 3 aromatic rings. The fourth-order valence-corrected chi connectivity index (χ4v) is 5.53. The third-order valence-corrected chi connectivity index (χ3v) is 7.80. The summed E-state index contributed by atoms with van der Waals surface area (Å²) < 4.78 is 15.4. The normalized spacial score (nSPS) is 18.0. The number of urea groups is 1. The summed E-state index contributed by atoms with van der Waals surface area (Å²) in [4.78, 5) is 22.3. The van der Waals surface area contributed by atoms with Gasteiger partial charge in [-0.3, -0.25) is 0 Å². The van der Waals surface area contributed by atoms with Gasteiger partial charge in [-0.25, -0.2) is 14.2 Å². The summed E-state index contributed by atoms with van der Waals surface area (Å²) in [6.45, 7) is 6.90. The van der Waals surface area contributed by atoms with Crippen LogP contribution in [0.3, 0.4) is 0 Å². The number of rotatable bonds is 6. The zero-order valence-corrected chi connectivity index (χ0v) is 20.6. The number of hydrogen-bond acceptors (Lipinski definition) is 6. The Balaban J connectivity index is 1.36. The van der Waals surface area contributed by atoms with Gasteiger partial charge in [0.25, 0.3) is 0 Å². The molecule has 1 aliphatic carbocycles. The second kappa shape index (κ2) is 9.77. The largest absolute Gasteiger partial charge is 0.365 e. The van der Waals surface area contributed by atoms with E-state index in [2.05, 4.69) is 22.5 Å². The van der Waals surface area contributed by atoms with Gasteiger partial charge >= 0.3 is 6.03 Å². The van der Waals surface area contributed by atoms with Crippen molar-refractivity contribution < 1.29 is 9.18 Å². The molecule has 2 fully saturated rings. The van der Waals surface area contributed by atoms with E-state index in [9.17, 15) is 9.18 Å². The van der Waals surface area contributed by atoms with Crippen LogP contribution in [0.1, 0.15) is 46.0 Å². The third-order valence-electron chi connectivity index (χ3n) is 6.83. The van der Waals surface area contributed by atoms with Crippen LogP contribution >= 0.6 is 11.3 Å². The van der Waals surface area contributed by atoms with Crippen LogP contribution in [0, 0.1) is 5.82 Å². The molecular weight excluding hydrogens is 453 g/mol. The summed E-state index contributed by atoms with van der Waals surface area (Å²) in [7, 11) is 0. The monoisotopic (exact) mass is 485 g/mol. The summed E-state index contributed by atoms with van der Waals surface area (Å²) in [5.41, 5.74) is 1.69. The first kappa shape index (κ1) is 22.9. The molecule has 3 heterocycles. The van der Waals surface area contributed by atoms with Crippen LogP contribution in [0.4, 0.5) is 20.1 Å². The van der Waals surface area contributed by atoms with Gasteiger partial charge in [-0.2, -0.15) is 4.52 Å². The molecule has 34 heavy (non-hydrogen) atoms. The van der Waals surface area contributed by atoms with E-state index in [0.717, 1.165) is 59.5 Å². The molecule has 1 saturated carbocycles. The number of nitrogens with zero attached hydrogens (tertiary/aromatic N) is 5. The number of carbonyl (C=O) groups excluding carboxylic acids is 1. The van der Waals surface area contributed by atoms with Gasteiger partial charge in [0.05, 0.1) is 0 Å². The van der Waals surface area contributed by atoms with E-state index in [-0.39, 0.29) is 17.9 Å². The highest BCUT2D eigenvalue weighted by Crippen LogP contribution is 2.35. The molecule has 1 aliphatic heterocycles. The number of fused-ring (bicyclic) bond motifs is 1. The molecule has 182 valence electrons.